The summed E-state index contributed by atoms with van der Waals surface area (Å²) in [6, 6.07) is 7.89. The van der Waals surface area contributed by atoms with Gasteiger partial charge in [0.05, 0.1) is 5.56 Å². The van der Waals surface area contributed by atoms with E-state index in [0.717, 1.165) is 15.7 Å². The van der Waals surface area contributed by atoms with Crippen LogP contribution in [0.2, 0.25) is 0 Å². The van der Waals surface area contributed by atoms with Gasteiger partial charge >= 0.3 is 0 Å². The monoisotopic (exact) mass is 368 g/mol. The van der Waals surface area contributed by atoms with E-state index in [-0.39, 0.29) is 18.3 Å². The minimum absolute atomic E-state index is 0. The highest BCUT2D eigenvalue weighted by atomic mass is 127. The van der Waals surface area contributed by atoms with Crippen LogP contribution in [-0.4, -0.2) is 25.0 Å². The fourth-order valence-corrected chi connectivity index (χ4v) is 2.04. The van der Waals surface area contributed by atoms with E-state index in [9.17, 15) is 4.79 Å². The van der Waals surface area contributed by atoms with Crippen LogP contribution < -0.4 is 10.6 Å². The maximum Gasteiger partial charge on any atom is 0.252 e. The van der Waals surface area contributed by atoms with Crippen molar-refractivity contribution in [1.29, 1.82) is 0 Å². The zero-order valence-electron chi connectivity index (χ0n) is 10.00. The number of rotatable bonds is 5. The molecular formula is C12H18ClIN2O. The summed E-state index contributed by atoms with van der Waals surface area (Å²) < 4.78 is 0.980. The zero-order chi connectivity index (χ0) is 12.0. The molecule has 0 bridgehead atoms. The van der Waals surface area contributed by atoms with Crippen LogP contribution in [0.3, 0.4) is 0 Å². The summed E-state index contributed by atoms with van der Waals surface area (Å²) in [5, 5.41) is 6.17. The largest absolute Gasteiger partial charge is 0.350 e. The average Bonchev–Trinajstić information content (AvgIpc) is 2.27. The molecule has 1 rings (SSSR count). The molecule has 1 aromatic rings. The number of likely N-dealkylation sites (N-methyl/N-ethyl adjacent to an activating group) is 1. The molecule has 0 aliphatic rings. The minimum atomic E-state index is -0.00486. The van der Waals surface area contributed by atoms with Crippen LogP contribution in [0.5, 0.6) is 0 Å². The second-order valence-electron chi connectivity index (χ2n) is 3.65. The predicted molar refractivity (Wildman–Crippen MR) is 81.9 cm³/mol. The molecule has 1 atom stereocenters. The van der Waals surface area contributed by atoms with Crippen molar-refractivity contribution in [3.8, 4) is 0 Å². The summed E-state index contributed by atoms with van der Waals surface area (Å²) in [6.07, 6.45) is 0. The van der Waals surface area contributed by atoms with Crippen molar-refractivity contribution in [2.45, 2.75) is 19.9 Å². The van der Waals surface area contributed by atoms with Gasteiger partial charge in [0.15, 0.2) is 0 Å². The lowest BCUT2D eigenvalue weighted by Crippen LogP contribution is -2.39. The van der Waals surface area contributed by atoms with Crippen LogP contribution in [0.15, 0.2) is 24.3 Å². The summed E-state index contributed by atoms with van der Waals surface area (Å²) in [7, 11) is 0. The van der Waals surface area contributed by atoms with Gasteiger partial charge in [-0.15, -0.1) is 12.4 Å². The van der Waals surface area contributed by atoms with Crippen LogP contribution in [-0.2, 0) is 0 Å². The molecule has 1 aromatic carbocycles. The Morgan fingerprint density at radius 2 is 2.06 bits per heavy atom. The fourth-order valence-electron chi connectivity index (χ4n) is 1.41. The Morgan fingerprint density at radius 1 is 1.41 bits per heavy atom. The molecule has 2 N–H and O–H groups in total. The first-order valence-corrected chi connectivity index (χ1v) is 6.49. The third kappa shape index (κ3) is 5.70. The van der Waals surface area contributed by atoms with Gasteiger partial charge in [0, 0.05) is 16.2 Å². The maximum atomic E-state index is 11.8. The van der Waals surface area contributed by atoms with Crippen molar-refractivity contribution < 1.29 is 4.79 Å². The third-order valence-corrected chi connectivity index (χ3v) is 3.18. The molecule has 0 aromatic heterocycles. The topological polar surface area (TPSA) is 41.1 Å². The Kier molecular flexibility index (Phi) is 8.55. The number of halogens is 2. The Hall–Kier alpha value is -0.330. The molecule has 0 spiro atoms. The van der Waals surface area contributed by atoms with Crippen LogP contribution in [0.25, 0.3) is 0 Å². The first-order chi connectivity index (χ1) is 7.65. The number of amides is 1. The standard InChI is InChI=1S/C12H17IN2O.ClH/c1-3-14-9(2)8-15-12(16)10-6-4-5-7-11(10)13;/h4-7,9,14H,3,8H2,1-2H3,(H,15,16);1H/t9-;/m1./s1. The van der Waals surface area contributed by atoms with Crippen LogP contribution in [0, 0.1) is 3.57 Å². The molecule has 0 radical (unpaired) electrons. The van der Waals surface area contributed by atoms with Crippen molar-refractivity contribution >= 4 is 40.9 Å². The molecule has 0 saturated carbocycles. The van der Waals surface area contributed by atoms with E-state index < -0.39 is 0 Å². The molecule has 96 valence electrons. The van der Waals surface area contributed by atoms with Gasteiger partial charge in [-0.05, 0) is 48.2 Å². The molecule has 0 aliphatic heterocycles. The summed E-state index contributed by atoms with van der Waals surface area (Å²) >= 11 is 2.17. The van der Waals surface area contributed by atoms with Gasteiger partial charge in [-0.2, -0.15) is 0 Å². The van der Waals surface area contributed by atoms with Crippen LogP contribution >= 0.6 is 35.0 Å². The van der Waals surface area contributed by atoms with Crippen molar-refractivity contribution in [2.75, 3.05) is 13.1 Å². The van der Waals surface area contributed by atoms with E-state index in [2.05, 4.69) is 47.1 Å². The molecule has 0 unspecified atom stereocenters. The number of hydrogen-bond acceptors (Lipinski definition) is 2. The second-order valence-corrected chi connectivity index (χ2v) is 4.81. The SMILES string of the molecule is CCN[C@H](C)CNC(=O)c1ccccc1I.Cl. The van der Waals surface area contributed by atoms with E-state index in [0.29, 0.717) is 12.6 Å². The molecule has 0 aliphatic carbocycles. The summed E-state index contributed by atoms with van der Waals surface area (Å²) in [5.41, 5.74) is 0.742. The number of hydrogen-bond donors (Lipinski definition) is 2. The molecule has 0 fully saturated rings. The lowest BCUT2D eigenvalue weighted by Gasteiger charge is -2.13. The van der Waals surface area contributed by atoms with Crippen molar-refractivity contribution in [1.82, 2.24) is 10.6 Å². The van der Waals surface area contributed by atoms with Crippen LogP contribution in [0.4, 0.5) is 0 Å². The Balaban J connectivity index is 0.00000256. The summed E-state index contributed by atoms with van der Waals surface area (Å²) in [4.78, 5) is 11.8. The number of carbonyl (C=O) groups excluding carboxylic acids is 1. The first kappa shape index (κ1) is 16.7. The van der Waals surface area contributed by atoms with E-state index in [1.54, 1.807) is 0 Å². The maximum absolute atomic E-state index is 11.8. The molecule has 1 amide bonds. The quantitative estimate of drug-likeness (QED) is 0.784. The van der Waals surface area contributed by atoms with E-state index in [1.165, 1.54) is 0 Å². The highest BCUT2D eigenvalue weighted by Gasteiger charge is 2.09. The number of nitrogens with one attached hydrogen (secondary N) is 2. The molecule has 0 heterocycles. The molecule has 0 saturated heterocycles. The number of carbonyl (C=O) groups is 1. The van der Waals surface area contributed by atoms with Crippen molar-refractivity contribution in [2.24, 2.45) is 0 Å². The average molecular weight is 369 g/mol. The van der Waals surface area contributed by atoms with Gasteiger partial charge in [0.25, 0.3) is 5.91 Å². The fraction of sp³-hybridized carbons (Fsp3) is 0.417. The Bertz CT molecular complexity index is 360. The third-order valence-electron chi connectivity index (χ3n) is 2.24. The summed E-state index contributed by atoms with van der Waals surface area (Å²) in [5.74, 6) is -0.00486. The Labute approximate surface area is 122 Å². The van der Waals surface area contributed by atoms with Crippen molar-refractivity contribution in [3.05, 3.63) is 33.4 Å². The normalized spacial score (nSPS) is 11.5. The first-order valence-electron chi connectivity index (χ1n) is 5.41. The van der Waals surface area contributed by atoms with Crippen molar-refractivity contribution in [3.63, 3.8) is 0 Å². The van der Waals surface area contributed by atoms with Gasteiger partial charge < -0.3 is 10.6 Å². The minimum Gasteiger partial charge on any atom is -0.350 e. The Morgan fingerprint density at radius 3 is 2.65 bits per heavy atom. The zero-order valence-corrected chi connectivity index (χ0v) is 13.0. The van der Waals surface area contributed by atoms with E-state index in [4.69, 9.17) is 0 Å². The lowest BCUT2D eigenvalue weighted by molar-refractivity contribution is 0.0949. The molecular weight excluding hydrogens is 351 g/mol. The predicted octanol–water partition coefficient (Wildman–Crippen LogP) is 2.44. The van der Waals surface area contributed by atoms with Gasteiger partial charge in [-0.3, -0.25) is 4.79 Å². The van der Waals surface area contributed by atoms with Gasteiger partial charge in [-0.1, -0.05) is 19.1 Å². The summed E-state index contributed by atoms with van der Waals surface area (Å²) in [6.45, 7) is 5.68. The smallest absolute Gasteiger partial charge is 0.252 e. The molecule has 3 nitrogen and oxygen atoms in total. The lowest BCUT2D eigenvalue weighted by atomic mass is 10.2. The second kappa shape index (κ2) is 8.72. The van der Waals surface area contributed by atoms with E-state index in [1.807, 2.05) is 24.3 Å². The number of benzene rings is 1. The molecule has 5 heteroatoms. The molecule has 17 heavy (non-hydrogen) atoms. The van der Waals surface area contributed by atoms with E-state index >= 15 is 0 Å². The highest BCUT2D eigenvalue weighted by Crippen LogP contribution is 2.10. The van der Waals surface area contributed by atoms with Gasteiger partial charge in [0.1, 0.15) is 0 Å². The van der Waals surface area contributed by atoms with Gasteiger partial charge in [0.2, 0.25) is 0 Å². The van der Waals surface area contributed by atoms with Gasteiger partial charge in [-0.25, -0.2) is 0 Å². The van der Waals surface area contributed by atoms with Crippen LogP contribution in [0.1, 0.15) is 24.2 Å². The highest BCUT2D eigenvalue weighted by molar-refractivity contribution is 14.1.